The summed E-state index contributed by atoms with van der Waals surface area (Å²) >= 11 is 0. The van der Waals surface area contributed by atoms with Gasteiger partial charge in [-0.15, -0.1) is 0 Å². The Balaban J connectivity index is 2.32. The normalized spacial score (nSPS) is 20.9. The summed E-state index contributed by atoms with van der Waals surface area (Å²) in [6.45, 7) is 9.32. The number of carbonyl (C=O) groups is 2. The highest BCUT2D eigenvalue weighted by atomic mass is 16.5. The van der Waals surface area contributed by atoms with Gasteiger partial charge in [-0.3, -0.25) is 9.59 Å². The molecule has 1 amide bonds. The van der Waals surface area contributed by atoms with Crippen molar-refractivity contribution in [3.63, 3.8) is 0 Å². The second kappa shape index (κ2) is 11.1. The second-order valence-corrected chi connectivity index (χ2v) is 9.15. The van der Waals surface area contributed by atoms with Crippen LogP contribution in [0.5, 0.6) is 0 Å². The first-order chi connectivity index (χ1) is 14.7. The first-order valence-electron chi connectivity index (χ1n) is 11.5. The smallest absolute Gasteiger partial charge is 0.308 e. The van der Waals surface area contributed by atoms with Crippen molar-refractivity contribution in [1.82, 2.24) is 5.32 Å². The summed E-state index contributed by atoms with van der Waals surface area (Å²) < 4.78 is 11.0. The number of fused-ring (bicyclic) bond motifs is 1. The Morgan fingerprint density at radius 3 is 2.42 bits per heavy atom. The van der Waals surface area contributed by atoms with E-state index in [2.05, 4.69) is 33.0 Å². The maximum absolute atomic E-state index is 12.2. The third-order valence-corrected chi connectivity index (χ3v) is 7.03. The van der Waals surface area contributed by atoms with Gasteiger partial charge in [0.1, 0.15) is 0 Å². The topological polar surface area (TPSA) is 90.7 Å². The van der Waals surface area contributed by atoms with E-state index in [9.17, 15) is 9.59 Å². The van der Waals surface area contributed by atoms with Crippen molar-refractivity contribution in [3.05, 3.63) is 34.9 Å². The summed E-state index contributed by atoms with van der Waals surface area (Å²) in [5.74, 6) is -0.239. The molecule has 0 spiro atoms. The van der Waals surface area contributed by atoms with Crippen LogP contribution < -0.4 is 11.1 Å². The van der Waals surface area contributed by atoms with E-state index in [1.165, 1.54) is 18.2 Å². The van der Waals surface area contributed by atoms with Crippen LogP contribution in [0.25, 0.3) is 0 Å². The fraction of sp³-hybridized carbons (Fsp3) is 0.680. The zero-order chi connectivity index (χ0) is 23.2. The molecule has 0 aliphatic heterocycles. The van der Waals surface area contributed by atoms with Gasteiger partial charge < -0.3 is 20.5 Å². The lowest BCUT2D eigenvalue weighted by Gasteiger charge is -2.49. The number of esters is 1. The van der Waals surface area contributed by atoms with Crippen molar-refractivity contribution in [2.45, 2.75) is 77.4 Å². The molecule has 0 radical (unpaired) electrons. The minimum Gasteiger partial charge on any atom is -0.469 e. The minimum atomic E-state index is -0.406. The van der Waals surface area contributed by atoms with Gasteiger partial charge in [-0.1, -0.05) is 33.8 Å². The Labute approximate surface area is 187 Å². The van der Waals surface area contributed by atoms with E-state index >= 15 is 0 Å². The van der Waals surface area contributed by atoms with Crippen LogP contribution in [-0.4, -0.2) is 44.8 Å². The van der Waals surface area contributed by atoms with E-state index in [-0.39, 0.29) is 29.4 Å². The first kappa shape index (κ1) is 25.3. The number of benzene rings is 1. The maximum atomic E-state index is 12.2. The number of methoxy groups -OCH3 is 2. The molecule has 0 saturated heterocycles. The number of carbonyl (C=O) groups excluding carboxylic acids is 2. The molecule has 0 heterocycles. The van der Waals surface area contributed by atoms with Gasteiger partial charge in [0.15, 0.2) is 0 Å². The lowest BCUT2D eigenvalue weighted by Crippen LogP contribution is -2.59. The zero-order valence-electron chi connectivity index (χ0n) is 20.0. The predicted octanol–water partition coefficient (Wildman–Crippen LogP) is 3.60. The Hall–Kier alpha value is -1.92. The van der Waals surface area contributed by atoms with Crippen molar-refractivity contribution >= 4 is 11.9 Å². The van der Waals surface area contributed by atoms with Crippen molar-refractivity contribution in [2.24, 2.45) is 17.6 Å². The molecule has 0 aromatic heterocycles. The van der Waals surface area contributed by atoms with Crippen molar-refractivity contribution < 1.29 is 19.1 Å². The van der Waals surface area contributed by atoms with E-state index in [0.29, 0.717) is 18.0 Å². The van der Waals surface area contributed by atoms with Gasteiger partial charge in [-0.05, 0) is 61.4 Å². The third kappa shape index (κ3) is 5.47. The highest BCUT2D eigenvalue weighted by Gasteiger charge is 2.46. The Morgan fingerprint density at radius 1 is 1.23 bits per heavy atom. The van der Waals surface area contributed by atoms with Gasteiger partial charge in [-0.25, -0.2) is 0 Å². The number of hydrogen-bond donors (Lipinski definition) is 2. The summed E-state index contributed by atoms with van der Waals surface area (Å²) in [4.78, 5) is 24.1. The molecule has 0 bridgehead atoms. The fourth-order valence-electron chi connectivity index (χ4n) is 5.33. The molecule has 3 atom stereocenters. The summed E-state index contributed by atoms with van der Waals surface area (Å²) in [7, 11) is 3.21. The number of nitrogens with two attached hydrogens (primary N) is 1. The predicted molar refractivity (Wildman–Crippen MR) is 123 cm³/mol. The largest absolute Gasteiger partial charge is 0.469 e. The van der Waals surface area contributed by atoms with Crippen LogP contribution >= 0.6 is 0 Å². The van der Waals surface area contributed by atoms with E-state index in [0.717, 1.165) is 32.1 Å². The quantitative estimate of drug-likeness (QED) is 0.522. The van der Waals surface area contributed by atoms with E-state index in [4.69, 9.17) is 15.2 Å². The lowest BCUT2D eigenvalue weighted by atomic mass is 9.62. The number of hydrogen-bond acceptors (Lipinski definition) is 5. The lowest BCUT2D eigenvalue weighted by molar-refractivity contribution is -0.146. The van der Waals surface area contributed by atoms with Crippen LogP contribution in [0, 0.1) is 11.8 Å². The summed E-state index contributed by atoms with van der Waals surface area (Å²) in [5, 5.41) is 3.74. The minimum absolute atomic E-state index is 0.00787. The molecule has 3 N–H and O–H groups in total. The molecule has 6 heteroatoms. The van der Waals surface area contributed by atoms with Crippen LogP contribution in [0.15, 0.2) is 18.2 Å². The highest BCUT2D eigenvalue weighted by Crippen LogP contribution is 2.44. The van der Waals surface area contributed by atoms with Crippen molar-refractivity contribution in [3.8, 4) is 0 Å². The van der Waals surface area contributed by atoms with Gasteiger partial charge >= 0.3 is 5.97 Å². The number of nitrogens with one attached hydrogen (secondary N) is 1. The molecule has 0 fully saturated rings. The van der Waals surface area contributed by atoms with Crippen molar-refractivity contribution in [1.29, 1.82) is 0 Å². The molecule has 0 saturated carbocycles. The van der Waals surface area contributed by atoms with Crippen LogP contribution in [0.2, 0.25) is 0 Å². The molecule has 1 aliphatic rings. The first-order valence-corrected chi connectivity index (χ1v) is 11.5. The summed E-state index contributed by atoms with van der Waals surface area (Å²) in [6, 6.07) is 5.87. The van der Waals surface area contributed by atoms with Crippen LogP contribution in [0.1, 0.15) is 74.9 Å². The van der Waals surface area contributed by atoms with Gasteiger partial charge in [0.05, 0.1) is 19.1 Å². The highest BCUT2D eigenvalue weighted by molar-refractivity contribution is 5.93. The molecule has 2 rings (SSSR count). The van der Waals surface area contributed by atoms with Gasteiger partial charge in [0, 0.05) is 30.6 Å². The van der Waals surface area contributed by atoms with Gasteiger partial charge in [-0.2, -0.15) is 0 Å². The number of amides is 1. The van der Waals surface area contributed by atoms with Gasteiger partial charge in [0.2, 0.25) is 5.91 Å². The molecular weight excluding hydrogens is 392 g/mol. The van der Waals surface area contributed by atoms with E-state index < -0.39 is 5.91 Å². The van der Waals surface area contributed by atoms with Crippen molar-refractivity contribution in [2.75, 3.05) is 20.8 Å². The molecule has 1 aliphatic carbocycles. The number of ether oxygens (including phenoxy) is 2. The summed E-state index contributed by atoms with van der Waals surface area (Å²) in [6.07, 6.45) is 4.12. The summed E-state index contributed by atoms with van der Waals surface area (Å²) in [5.41, 5.74) is 8.34. The fourth-order valence-corrected chi connectivity index (χ4v) is 5.33. The molecule has 1 unspecified atom stereocenters. The molecule has 1 aromatic rings. The average molecular weight is 433 g/mol. The molecule has 1 aromatic carbocycles. The maximum Gasteiger partial charge on any atom is 0.308 e. The molecule has 31 heavy (non-hydrogen) atoms. The zero-order valence-corrected chi connectivity index (χ0v) is 20.0. The molecule has 174 valence electrons. The van der Waals surface area contributed by atoms with Gasteiger partial charge in [0.25, 0.3) is 0 Å². The third-order valence-electron chi connectivity index (χ3n) is 7.03. The van der Waals surface area contributed by atoms with E-state index in [1.54, 1.807) is 7.11 Å². The SMILES string of the molecule is CCC1(CC)c2cc(C(N)=O)ccc2C[C@H](OC)[C@H]1NCCC(CC(C)C)C(=O)OC. The second-order valence-electron chi connectivity index (χ2n) is 9.15. The Kier molecular flexibility index (Phi) is 9.07. The average Bonchev–Trinajstić information content (AvgIpc) is 2.76. The standard InChI is InChI=1S/C25H40N2O4/c1-7-25(8-2)20-14-18(23(26)28)10-9-17(20)15-21(30-5)22(25)27-12-11-19(13-16(3)4)24(29)31-6/h9-10,14,16,19,21-22,27H,7-8,11-13,15H2,1-6H3,(H2,26,28)/t19?,21-,22+/m0/s1. The molecular formula is C25H40N2O4. The van der Waals surface area contributed by atoms with Crippen LogP contribution in [-0.2, 0) is 26.1 Å². The van der Waals surface area contributed by atoms with Crippen LogP contribution in [0.4, 0.5) is 0 Å². The number of rotatable bonds is 11. The van der Waals surface area contributed by atoms with E-state index in [1.807, 2.05) is 18.2 Å². The Bertz CT molecular complexity index is 758. The van der Waals surface area contributed by atoms with Crippen LogP contribution in [0.3, 0.4) is 0 Å². The molecule has 6 nitrogen and oxygen atoms in total. The number of primary amides is 1. The monoisotopic (exact) mass is 432 g/mol. The Morgan fingerprint density at radius 2 is 1.90 bits per heavy atom.